The molecule has 0 aromatic heterocycles. The van der Waals surface area contributed by atoms with Crippen molar-refractivity contribution in [2.45, 2.75) is 63.8 Å². The third-order valence-corrected chi connectivity index (χ3v) is 5.90. The minimum Gasteiger partial charge on any atom is -0.493 e. The summed E-state index contributed by atoms with van der Waals surface area (Å²) in [5, 5.41) is 9.34. The van der Waals surface area contributed by atoms with Gasteiger partial charge in [0.25, 0.3) is 0 Å². The molecule has 6 nitrogen and oxygen atoms in total. The van der Waals surface area contributed by atoms with Crippen molar-refractivity contribution in [3.63, 3.8) is 0 Å². The van der Waals surface area contributed by atoms with Crippen molar-refractivity contribution in [1.29, 1.82) is 0 Å². The average Bonchev–Trinajstić information content (AvgIpc) is 2.72. The summed E-state index contributed by atoms with van der Waals surface area (Å²) in [4.78, 5) is 28.1. The Morgan fingerprint density at radius 1 is 1.25 bits per heavy atom. The van der Waals surface area contributed by atoms with E-state index < -0.39 is 0 Å². The summed E-state index contributed by atoms with van der Waals surface area (Å²) >= 11 is 0. The summed E-state index contributed by atoms with van der Waals surface area (Å²) in [6.45, 7) is 0.912. The van der Waals surface area contributed by atoms with E-state index >= 15 is 0 Å². The van der Waals surface area contributed by atoms with E-state index in [-0.39, 0.29) is 24.5 Å². The first-order valence-corrected chi connectivity index (χ1v) is 10.5. The van der Waals surface area contributed by atoms with Crippen molar-refractivity contribution in [3.8, 4) is 5.75 Å². The molecule has 28 heavy (non-hydrogen) atoms. The second-order valence-electron chi connectivity index (χ2n) is 7.76. The summed E-state index contributed by atoms with van der Waals surface area (Å²) < 4.78 is 5.97. The number of hydrogen-bond acceptors (Lipinski definition) is 4. The topological polar surface area (TPSA) is 70.1 Å². The average molecular weight is 389 g/mol. The Kier molecular flexibility index (Phi) is 7.31. The van der Waals surface area contributed by atoms with Gasteiger partial charge in [-0.2, -0.15) is 0 Å². The smallest absolute Gasteiger partial charge is 0.227 e. The molecule has 1 fully saturated rings. The molecule has 154 valence electrons. The van der Waals surface area contributed by atoms with Gasteiger partial charge < -0.3 is 19.6 Å². The number of benzene rings is 1. The van der Waals surface area contributed by atoms with Crippen molar-refractivity contribution < 1.29 is 19.4 Å². The molecule has 1 heterocycles. The van der Waals surface area contributed by atoms with Crippen molar-refractivity contribution in [2.75, 3.05) is 31.7 Å². The van der Waals surface area contributed by atoms with Crippen molar-refractivity contribution in [1.82, 2.24) is 4.90 Å². The van der Waals surface area contributed by atoms with Crippen LogP contribution in [-0.2, 0) is 16.0 Å². The molecule has 6 heteroatoms. The van der Waals surface area contributed by atoms with Crippen LogP contribution in [0.15, 0.2) is 18.2 Å². The van der Waals surface area contributed by atoms with Gasteiger partial charge in [0.05, 0.1) is 18.9 Å². The van der Waals surface area contributed by atoms with Crippen LogP contribution in [0.2, 0.25) is 0 Å². The fourth-order valence-corrected chi connectivity index (χ4v) is 4.35. The molecular formula is C22H32N2O4. The summed E-state index contributed by atoms with van der Waals surface area (Å²) in [7, 11) is 1.80. The predicted molar refractivity (Wildman–Crippen MR) is 109 cm³/mol. The maximum absolute atomic E-state index is 12.7. The van der Waals surface area contributed by atoms with Gasteiger partial charge in [-0.25, -0.2) is 0 Å². The maximum atomic E-state index is 12.7. The molecule has 1 aromatic carbocycles. The van der Waals surface area contributed by atoms with Gasteiger partial charge in [-0.1, -0.05) is 25.3 Å². The molecule has 1 N–H and O–H groups in total. The van der Waals surface area contributed by atoms with Crippen molar-refractivity contribution in [2.24, 2.45) is 0 Å². The van der Waals surface area contributed by atoms with E-state index in [1.165, 1.54) is 19.3 Å². The quantitative estimate of drug-likeness (QED) is 0.695. The number of rotatable bonds is 8. The van der Waals surface area contributed by atoms with Crippen LogP contribution >= 0.6 is 0 Å². The van der Waals surface area contributed by atoms with Gasteiger partial charge in [0, 0.05) is 38.0 Å². The lowest BCUT2D eigenvalue weighted by Gasteiger charge is -2.34. The van der Waals surface area contributed by atoms with Gasteiger partial charge >= 0.3 is 0 Å². The second kappa shape index (κ2) is 9.92. The van der Waals surface area contributed by atoms with Crippen LogP contribution in [0, 0.1) is 0 Å². The number of aliphatic hydroxyl groups excluding tert-OH is 1. The molecular weight excluding hydrogens is 356 g/mol. The number of amides is 2. The highest BCUT2D eigenvalue weighted by molar-refractivity contribution is 5.96. The zero-order chi connectivity index (χ0) is 19.9. The summed E-state index contributed by atoms with van der Waals surface area (Å²) in [6, 6.07) is 6.06. The molecule has 0 unspecified atom stereocenters. The van der Waals surface area contributed by atoms with Gasteiger partial charge in [0.15, 0.2) is 0 Å². The molecule has 0 saturated heterocycles. The van der Waals surface area contributed by atoms with Crippen LogP contribution in [0.3, 0.4) is 0 Å². The third kappa shape index (κ3) is 4.85. The normalized spacial score (nSPS) is 17.4. The van der Waals surface area contributed by atoms with Crippen LogP contribution in [0.25, 0.3) is 0 Å². The molecule has 1 aliphatic carbocycles. The molecule has 0 atom stereocenters. The number of anilines is 1. The first-order valence-electron chi connectivity index (χ1n) is 10.5. The van der Waals surface area contributed by atoms with E-state index in [1.807, 2.05) is 23.1 Å². The van der Waals surface area contributed by atoms with E-state index in [0.717, 1.165) is 29.8 Å². The van der Waals surface area contributed by atoms with Crippen LogP contribution in [0.1, 0.15) is 56.9 Å². The molecule has 0 radical (unpaired) electrons. The molecule has 2 amide bonds. The van der Waals surface area contributed by atoms with E-state index in [1.54, 1.807) is 11.9 Å². The highest BCUT2D eigenvalue weighted by Crippen LogP contribution is 2.34. The van der Waals surface area contributed by atoms with Crippen LogP contribution in [-0.4, -0.2) is 54.7 Å². The molecule has 0 bridgehead atoms. The van der Waals surface area contributed by atoms with Gasteiger partial charge in [-0.05, 0) is 37.8 Å². The minimum absolute atomic E-state index is 0.0150. The standard InChI is InChI=1S/C22H32N2O4/c1-23-19-9-5-10-20(18(19)12-13-21(23)26)28-16-6-11-22(27)24(14-15-25)17-7-3-2-4-8-17/h5,9-10,17,25H,2-4,6-8,11-16H2,1H3. The molecule has 3 rings (SSSR count). The molecule has 1 aliphatic heterocycles. The molecule has 1 saturated carbocycles. The number of ether oxygens (including phenoxy) is 1. The van der Waals surface area contributed by atoms with Crippen molar-refractivity contribution in [3.05, 3.63) is 23.8 Å². The van der Waals surface area contributed by atoms with Gasteiger partial charge in [0.2, 0.25) is 11.8 Å². The maximum Gasteiger partial charge on any atom is 0.227 e. The number of carbonyl (C=O) groups excluding carboxylic acids is 2. The van der Waals surface area contributed by atoms with Gasteiger partial charge in [0.1, 0.15) is 5.75 Å². The lowest BCUT2D eigenvalue weighted by molar-refractivity contribution is -0.135. The summed E-state index contributed by atoms with van der Waals surface area (Å²) in [6.07, 6.45) is 7.94. The number of aliphatic hydroxyl groups is 1. The van der Waals surface area contributed by atoms with E-state index in [9.17, 15) is 14.7 Å². The second-order valence-corrected chi connectivity index (χ2v) is 7.76. The Hall–Kier alpha value is -2.08. The van der Waals surface area contributed by atoms with Gasteiger partial charge in [-0.3, -0.25) is 9.59 Å². The zero-order valence-corrected chi connectivity index (χ0v) is 16.9. The Morgan fingerprint density at radius 2 is 2.04 bits per heavy atom. The first-order chi connectivity index (χ1) is 13.6. The third-order valence-electron chi connectivity index (χ3n) is 5.90. The molecule has 1 aromatic rings. The number of fused-ring (bicyclic) bond motifs is 1. The lowest BCUT2D eigenvalue weighted by atomic mass is 9.94. The number of carbonyl (C=O) groups is 2. The predicted octanol–water partition coefficient (Wildman–Crippen LogP) is 2.91. The Labute approximate surface area is 167 Å². The number of nitrogens with zero attached hydrogens (tertiary/aromatic N) is 2. The van der Waals surface area contributed by atoms with Crippen molar-refractivity contribution >= 4 is 17.5 Å². The monoisotopic (exact) mass is 388 g/mol. The zero-order valence-electron chi connectivity index (χ0n) is 16.9. The molecule has 2 aliphatic rings. The summed E-state index contributed by atoms with van der Waals surface area (Å²) in [5.41, 5.74) is 1.98. The highest BCUT2D eigenvalue weighted by atomic mass is 16.5. The molecule has 0 spiro atoms. The van der Waals surface area contributed by atoms with Crippen LogP contribution in [0.5, 0.6) is 5.75 Å². The summed E-state index contributed by atoms with van der Waals surface area (Å²) in [5.74, 6) is 1.05. The van der Waals surface area contributed by atoms with Crippen LogP contribution < -0.4 is 9.64 Å². The Bertz CT molecular complexity index is 685. The van der Waals surface area contributed by atoms with E-state index in [0.29, 0.717) is 38.8 Å². The fraction of sp³-hybridized carbons (Fsp3) is 0.636. The highest BCUT2D eigenvalue weighted by Gasteiger charge is 2.25. The first kappa shape index (κ1) is 20.6. The van der Waals surface area contributed by atoms with Crippen LogP contribution in [0.4, 0.5) is 5.69 Å². The largest absolute Gasteiger partial charge is 0.493 e. The fourth-order valence-electron chi connectivity index (χ4n) is 4.35. The van der Waals surface area contributed by atoms with E-state index in [2.05, 4.69) is 0 Å². The Morgan fingerprint density at radius 3 is 2.79 bits per heavy atom. The lowest BCUT2D eigenvalue weighted by Crippen LogP contribution is -2.43. The van der Waals surface area contributed by atoms with Gasteiger partial charge in [-0.15, -0.1) is 0 Å². The number of hydrogen-bond donors (Lipinski definition) is 1. The minimum atomic E-state index is 0.0150. The van der Waals surface area contributed by atoms with E-state index in [4.69, 9.17) is 4.74 Å². The Balaban J connectivity index is 1.51. The SMILES string of the molecule is CN1C(=O)CCc2c(OCCCC(=O)N(CCO)C3CCCCC3)cccc21.